The van der Waals surface area contributed by atoms with Gasteiger partial charge in [-0.1, -0.05) is 24.6 Å². The highest BCUT2D eigenvalue weighted by Gasteiger charge is 2.20. The van der Waals surface area contributed by atoms with Gasteiger partial charge in [-0.25, -0.2) is 10.4 Å². The topological polar surface area (TPSA) is 50.5 Å². The van der Waals surface area contributed by atoms with E-state index in [1.54, 1.807) is 24.3 Å². The van der Waals surface area contributed by atoms with Gasteiger partial charge in [0.15, 0.2) is 0 Å². The van der Waals surface area contributed by atoms with Crippen molar-refractivity contribution in [1.82, 2.24) is 10.4 Å². The zero-order valence-electron chi connectivity index (χ0n) is 11.4. The molecule has 0 aliphatic carbocycles. The third-order valence-electron chi connectivity index (χ3n) is 3.44. The van der Waals surface area contributed by atoms with Crippen LogP contribution in [0.4, 0.5) is 8.78 Å². The molecule has 0 saturated carbocycles. The first-order chi connectivity index (χ1) is 9.70. The molecule has 1 aromatic carbocycles. The maximum atomic E-state index is 12.4. The minimum absolute atomic E-state index is 0.183. The Labute approximate surface area is 117 Å². The number of nitrogens with zero attached hydrogens (tertiary/aromatic N) is 1. The molecule has 3 N–H and O–H groups in total. The number of hydrogen-bond donors (Lipinski definition) is 2. The summed E-state index contributed by atoms with van der Waals surface area (Å²) in [6.07, 6.45) is 3.51. The van der Waals surface area contributed by atoms with Crippen LogP contribution in [0.15, 0.2) is 24.3 Å². The third-order valence-corrected chi connectivity index (χ3v) is 3.44. The summed E-state index contributed by atoms with van der Waals surface area (Å²) in [5, 5.41) is 2.11. The van der Waals surface area contributed by atoms with Gasteiger partial charge >= 0.3 is 6.61 Å². The zero-order valence-corrected chi connectivity index (χ0v) is 11.4. The van der Waals surface area contributed by atoms with Gasteiger partial charge in [-0.2, -0.15) is 8.78 Å². The van der Waals surface area contributed by atoms with E-state index in [-0.39, 0.29) is 11.8 Å². The maximum Gasteiger partial charge on any atom is 0.387 e. The molecule has 1 heterocycles. The van der Waals surface area contributed by atoms with Crippen LogP contribution in [0.25, 0.3) is 0 Å². The minimum Gasteiger partial charge on any atom is -0.434 e. The van der Waals surface area contributed by atoms with Crippen molar-refractivity contribution in [3.05, 3.63) is 29.8 Å². The summed E-state index contributed by atoms with van der Waals surface area (Å²) >= 11 is 0. The van der Waals surface area contributed by atoms with E-state index < -0.39 is 6.61 Å². The predicted octanol–water partition coefficient (Wildman–Crippen LogP) is 2.28. The number of halogens is 2. The lowest BCUT2D eigenvalue weighted by Gasteiger charge is -2.32. The van der Waals surface area contributed by atoms with E-state index in [0.717, 1.165) is 25.9 Å². The van der Waals surface area contributed by atoms with Crippen LogP contribution < -0.4 is 15.9 Å². The fourth-order valence-corrected chi connectivity index (χ4v) is 2.46. The number of nitrogens with one attached hydrogen (secondary N) is 1. The van der Waals surface area contributed by atoms with Gasteiger partial charge in [0.2, 0.25) is 0 Å². The molecule has 1 atom stereocenters. The molecule has 1 saturated heterocycles. The monoisotopic (exact) mass is 285 g/mol. The number of para-hydroxylation sites is 1. The fourth-order valence-electron chi connectivity index (χ4n) is 2.46. The lowest BCUT2D eigenvalue weighted by Crippen LogP contribution is -2.45. The normalized spacial score (nSPS) is 18.2. The average molecular weight is 285 g/mol. The van der Waals surface area contributed by atoms with Gasteiger partial charge in [-0.05, 0) is 18.9 Å². The second-order valence-electron chi connectivity index (χ2n) is 4.88. The van der Waals surface area contributed by atoms with E-state index in [0.29, 0.717) is 12.1 Å². The van der Waals surface area contributed by atoms with Crippen molar-refractivity contribution in [3.63, 3.8) is 0 Å². The molecule has 1 aromatic rings. The molecule has 0 radical (unpaired) electrons. The van der Waals surface area contributed by atoms with E-state index in [9.17, 15) is 8.78 Å². The standard InChI is InChI=1S/C14H21F2N3O/c15-14(16)20-13-7-3-2-6-11(13)12(10-17)18-19-8-4-1-5-9-19/h2-3,6-7,12,14,18H,1,4-5,8-10,17H2. The molecule has 0 spiro atoms. The van der Waals surface area contributed by atoms with Gasteiger partial charge in [0, 0.05) is 25.2 Å². The van der Waals surface area contributed by atoms with Crippen LogP contribution >= 0.6 is 0 Å². The highest BCUT2D eigenvalue weighted by Crippen LogP contribution is 2.26. The summed E-state index contributed by atoms with van der Waals surface area (Å²) in [6.45, 7) is -0.604. The first kappa shape index (κ1) is 15.2. The molecule has 0 amide bonds. The number of ether oxygens (including phenoxy) is 1. The molecule has 6 heteroatoms. The summed E-state index contributed by atoms with van der Waals surface area (Å²) in [4.78, 5) is 0. The van der Waals surface area contributed by atoms with E-state index in [1.807, 2.05) is 0 Å². The highest BCUT2D eigenvalue weighted by molar-refractivity contribution is 5.36. The molecular weight excluding hydrogens is 264 g/mol. The first-order valence-corrected chi connectivity index (χ1v) is 6.95. The van der Waals surface area contributed by atoms with Crippen molar-refractivity contribution in [3.8, 4) is 5.75 Å². The third kappa shape index (κ3) is 4.13. The van der Waals surface area contributed by atoms with Crippen molar-refractivity contribution in [2.45, 2.75) is 31.9 Å². The Morgan fingerprint density at radius 1 is 1.20 bits per heavy atom. The van der Waals surface area contributed by atoms with Crippen molar-refractivity contribution < 1.29 is 13.5 Å². The smallest absolute Gasteiger partial charge is 0.387 e. The van der Waals surface area contributed by atoms with Crippen LogP contribution in [-0.4, -0.2) is 31.3 Å². The number of nitrogens with two attached hydrogens (primary N) is 1. The predicted molar refractivity (Wildman–Crippen MR) is 73.4 cm³/mol. The molecule has 0 aromatic heterocycles. The molecule has 0 bridgehead atoms. The van der Waals surface area contributed by atoms with Crippen LogP contribution in [-0.2, 0) is 0 Å². The van der Waals surface area contributed by atoms with Gasteiger partial charge in [-0.3, -0.25) is 0 Å². The number of hydrazine groups is 1. The lowest BCUT2D eigenvalue weighted by molar-refractivity contribution is -0.0509. The Morgan fingerprint density at radius 3 is 2.55 bits per heavy atom. The fraction of sp³-hybridized carbons (Fsp3) is 0.571. The van der Waals surface area contributed by atoms with Crippen molar-refractivity contribution in [2.75, 3.05) is 19.6 Å². The highest BCUT2D eigenvalue weighted by atomic mass is 19.3. The quantitative estimate of drug-likeness (QED) is 0.842. The van der Waals surface area contributed by atoms with Crippen LogP contribution in [0.5, 0.6) is 5.75 Å². The summed E-state index contributed by atoms with van der Waals surface area (Å²) in [7, 11) is 0. The van der Waals surface area contributed by atoms with Crippen LogP contribution in [0.1, 0.15) is 30.9 Å². The summed E-state index contributed by atoms with van der Waals surface area (Å²) in [5.41, 5.74) is 9.78. The maximum absolute atomic E-state index is 12.4. The number of piperidine rings is 1. The van der Waals surface area contributed by atoms with Gasteiger partial charge in [0.1, 0.15) is 5.75 Å². The van der Waals surface area contributed by atoms with Crippen LogP contribution in [0.2, 0.25) is 0 Å². The number of benzene rings is 1. The molecule has 1 fully saturated rings. The Morgan fingerprint density at radius 2 is 1.90 bits per heavy atom. The van der Waals surface area contributed by atoms with Crippen LogP contribution in [0.3, 0.4) is 0 Å². The summed E-state index contributed by atoms with van der Waals surface area (Å²) in [5.74, 6) is 0.183. The number of rotatable bonds is 6. The van der Waals surface area contributed by atoms with Crippen molar-refractivity contribution >= 4 is 0 Å². The van der Waals surface area contributed by atoms with E-state index in [4.69, 9.17) is 5.73 Å². The first-order valence-electron chi connectivity index (χ1n) is 6.95. The number of alkyl halides is 2. The molecule has 1 aliphatic heterocycles. The van der Waals surface area contributed by atoms with E-state index in [2.05, 4.69) is 15.2 Å². The zero-order chi connectivity index (χ0) is 14.4. The summed E-state index contributed by atoms with van der Waals surface area (Å²) in [6, 6.07) is 6.57. The van der Waals surface area contributed by atoms with Crippen LogP contribution in [0, 0.1) is 0 Å². The van der Waals surface area contributed by atoms with Crippen molar-refractivity contribution in [2.24, 2.45) is 5.73 Å². The van der Waals surface area contributed by atoms with Gasteiger partial charge in [0.05, 0.1) is 6.04 Å². The largest absolute Gasteiger partial charge is 0.434 e. The Kier molecular flexibility index (Phi) is 5.70. The van der Waals surface area contributed by atoms with E-state index >= 15 is 0 Å². The summed E-state index contributed by atoms with van der Waals surface area (Å²) < 4.78 is 29.5. The Bertz CT molecular complexity index is 411. The SMILES string of the molecule is NCC(NN1CCCCC1)c1ccccc1OC(F)F. The second kappa shape index (κ2) is 7.52. The molecule has 1 aliphatic rings. The molecular formula is C14H21F2N3O. The number of hydrogen-bond acceptors (Lipinski definition) is 4. The Balaban J connectivity index is 2.09. The lowest BCUT2D eigenvalue weighted by atomic mass is 10.1. The van der Waals surface area contributed by atoms with Gasteiger partial charge in [0.25, 0.3) is 0 Å². The molecule has 2 rings (SSSR count). The molecule has 4 nitrogen and oxygen atoms in total. The van der Waals surface area contributed by atoms with E-state index in [1.165, 1.54) is 6.42 Å². The molecule has 1 unspecified atom stereocenters. The average Bonchev–Trinajstić information content (AvgIpc) is 2.46. The van der Waals surface area contributed by atoms with Crippen molar-refractivity contribution in [1.29, 1.82) is 0 Å². The minimum atomic E-state index is -2.83. The Hall–Kier alpha value is -1.24. The molecule has 20 heavy (non-hydrogen) atoms. The van der Waals surface area contributed by atoms with Gasteiger partial charge in [-0.15, -0.1) is 0 Å². The molecule has 112 valence electrons. The second-order valence-corrected chi connectivity index (χ2v) is 4.88. The van der Waals surface area contributed by atoms with Gasteiger partial charge < -0.3 is 10.5 Å².